The van der Waals surface area contributed by atoms with Gasteiger partial charge in [-0.2, -0.15) is 0 Å². The van der Waals surface area contributed by atoms with E-state index in [1.807, 2.05) is 13.8 Å². The molecule has 0 fully saturated rings. The Morgan fingerprint density at radius 2 is 1.65 bits per heavy atom. The molecule has 26 heavy (non-hydrogen) atoms. The topological polar surface area (TPSA) is 51.2 Å². The second-order valence-corrected chi connectivity index (χ2v) is 5.99. The lowest BCUT2D eigenvalue weighted by atomic mass is 10.0. The summed E-state index contributed by atoms with van der Waals surface area (Å²) < 4.78 is 33.9. The van der Waals surface area contributed by atoms with Crippen molar-refractivity contribution in [3.8, 4) is 5.75 Å². The molecule has 1 aromatic carbocycles. The maximum Gasteiger partial charge on any atom is 0.260 e. The van der Waals surface area contributed by atoms with Crippen LogP contribution in [0.4, 0.5) is 14.5 Å². The lowest BCUT2D eigenvalue weighted by molar-refractivity contribution is 0.102. The van der Waals surface area contributed by atoms with Gasteiger partial charge in [0.25, 0.3) is 5.91 Å². The number of aromatic nitrogens is 1. The van der Waals surface area contributed by atoms with Gasteiger partial charge in [0.15, 0.2) is 11.6 Å². The third-order valence-corrected chi connectivity index (χ3v) is 4.23. The van der Waals surface area contributed by atoms with E-state index in [2.05, 4.69) is 10.3 Å². The Labute approximate surface area is 152 Å². The summed E-state index contributed by atoms with van der Waals surface area (Å²) >= 11 is 0. The van der Waals surface area contributed by atoms with Crippen molar-refractivity contribution in [3.05, 3.63) is 51.8 Å². The van der Waals surface area contributed by atoms with E-state index in [1.54, 1.807) is 20.8 Å². The van der Waals surface area contributed by atoms with E-state index in [1.165, 1.54) is 12.1 Å². The Kier molecular flexibility index (Phi) is 6.29. The lowest BCUT2D eigenvalue weighted by Crippen LogP contribution is -2.20. The van der Waals surface area contributed by atoms with Gasteiger partial charge in [-0.25, -0.2) is 8.78 Å². The van der Waals surface area contributed by atoms with Gasteiger partial charge in [-0.3, -0.25) is 9.78 Å². The number of aryl methyl sites for hydroxylation is 4. The molecule has 4 nitrogen and oxygen atoms in total. The van der Waals surface area contributed by atoms with Gasteiger partial charge in [-0.05, 0) is 56.9 Å². The van der Waals surface area contributed by atoms with Crippen LogP contribution in [0.2, 0.25) is 0 Å². The Morgan fingerprint density at radius 3 is 2.15 bits per heavy atom. The highest BCUT2D eigenvalue weighted by molar-refractivity contribution is 6.06. The van der Waals surface area contributed by atoms with Crippen molar-refractivity contribution in [2.24, 2.45) is 0 Å². The smallest absolute Gasteiger partial charge is 0.260 e. The van der Waals surface area contributed by atoms with Crippen molar-refractivity contribution in [1.29, 1.82) is 0 Å². The molecular weight excluding hydrogens is 338 g/mol. The number of hydrogen-bond donors (Lipinski definition) is 1. The highest BCUT2D eigenvalue weighted by Gasteiger charge is 2.24. The average Bonchev–Trinajstić information content (AvgIpc) is 2.59. The van der Waals surface area contributed by atoms with Gasteiger partial charge in [-0.15, -0.1) is 0 Å². The summed E-state index contributed by atoms with van der Waals surface area (Å²) in [7, 11) is 0. The summed E-state index contributed by atoms with van der Waals surface area (Å²) in [4.78, 5) is 17.0. The molecule has 1 aromatic heterocycles. The van der Waals surface area contributed by atoms with Crippen LogP contribution >= 0.6 is 0 Å². The fraction of sp³-hybridized carbons (Fsp3) is 0.400. The number of amides is 1. The predicted octanol–water partition coefficient (Wildman–Crippen LogP) is 4.75. The largest absolute Gasteiger partial charge is 0.489 e. The number of nitrogens with one attached hydrogen (secondary N) is 1. The van der Waals surface area contributed by atoms with Crippen LogP contribution in [0.15, 0.2) is 12.1 Å². The Morgan fingerprint density at radius 1 is 1.08 bits per heavy atom. The van der Waals surface area contributed by atoms with Crippen molar-refractivity contribution in [2.75, 3.05) is 11.9 Å². The third-order valence-electron chi connectivity index (χ3n) is 4.23. The number of carbonyl (C=O) groups is 1. The number of benzene rings is 1. The van der Waals surface area contributed by atoms with Crippen molar-refractivity contribution in [3.63, 3.8) is 0 Å². The second-order valence-electron chi connectivity index (χ2n) is 5.99. The van der Waals surface area contributed by atoms with Crippen molar-refractivity contribution < 1.29 is 18.3 Å². The van der Waals surface area contributed by atoms with Gasteiger partial charge < -0.3 is 10.1 Å². The fourth-order valence-corrected chi connectivity index (χ4v) is 2.98. The first-order valence-corrected chi connectivity index (χ1v) is 8.76. The minimum Gasteiger partial charge on any atom is -0.489 e. The van der Waals surface area contributed by atoms with Crippen molar-refractivity contribution in [1.82, 2.24) is 4.98 Å². The van der Waals surface area contributed by atoms with E-state index in [4.69, 9.17) is 4.74 Å². The molecule has 0 saturated heterocycles. The van der Waals surface area contributed by atoms with E-state index in [0.29, 0.717) is 35.3 Å². The van der Waals surface area contributed by atoms with Crippen molar-refractivity contribution >= 4 is 11.6 Å². The molecule has 1 heterocycles. The summed E-state index contributed by atoms with van der Waals surface area (Å²) in [6, 6.07) is 2.77. The molecule has 0 bridgehead atoms. The van der Waals surface area contributed by atoms with Crippen LogP contribution in [-0.4, -0.2) is 17.5 Å². The van der Waals surface area contributed by atoms with Crippen LogP contribution in [0, 0.1) is 25.5 Å². The maximum absolute atomic E-state index is 14.9. The third kappa shape index (κ3) is 3.84. The van der Waals surface area contributed by atoms with Gasteiger partial charge in [-0.1, -0.05) is 13.8 Å². The molecule has 0 radical (unpaired) electrons. The van der Waals surface area contributed by atoms with E-state index in [-0.39, 0.29) is 29.4 Å². The first-order valence-electron chi connectivity index (χ1n) is 8.76. The fourth-order valence-electron chi connectivity index (χ4n) is 2.98. The number of ether oxygens (including phenoxy) is 1. The molecule has 0 unspecified atom stereocenters. The van der Waals surface area contributed by atoms with Gasteiger partial charge in [0, 0.05) is 5.69 Å². The standard InChI is InChI=1S/C20H24F2N2O2/c1-6-13-9-15(21)10-14(7-2)18(13)24-20(25)16-11(4)23-12(5)19(17(16)22)26-8-3/h9-10H,6-8H2,1-5H3,(H,24,25). The minimum absolute atomic E-state index is 0.0196. The molecular formula is C20H24F2N2O2. The molecule has 0 spiro atoms. The molecule has 0 saturated carbocycles. The number of nitrogens with zero attached hydrogens (tertiary/aromatic N) is 1. The summed E-state index contributed by atoms with van der Waals surface area (Å²) in [5.74, 6) is -1.72. The molecule has 1 amide bonds. The van der Waals surface area contributed by atoms with E-state index in [0.717, 1.165) is 0 Å². The lowest BCUT2D eigenvalue weighted by Gasteiger charge is -2.17. The molecule has 2 aromatic rings. The maximum atomic E-state index is 14.9. The van der Waals surface area contributed by atoms with Crippen LogP contribution in [0.5, 0.6) is 5.75 Å². The van der Waals surface area contributed by atoms with Crippen LogP contribution in [-0.2, 0) is 12.8 Å². The number of rotatable bonds is 6. The Hall–Kier alpha value is -2.50. The normalized spacial score (nSPS) is 10.7. The number of hydrogen-bond acceptors (Lipinski definition) is 3. The van der Waals surface area contributed by atoms with Crippen LogP contribution in [0.3, 0.4) is 0 Å². The van der Waals surface area contributed by atoms with Crippen molar-refractivity contribution in [2.45, 2.75) is 47.5 Å². The van der Waals surface area contributed by atoms with Crippen LogP contribution in [0.1, 0.15) is 53.6 Å². The van der Waals surface area contributed by atoms with E-state index in [9.17, 15) is 13.6 Å². The molecule has 140 valence electrons. The zero-order chi connectivity index (χ0) is 19.4. The molecule has 0 aliphatic carbocycles. The van der Waals surface area contributed by atoms with Crippen LogP contribution < -0.4 is 10.1 Å². The number of pyridine rings is 1. The van der Waals surface area contributed by atoms with Gasteiger partial charge in [0.2, 0.25) is 0 Å². The quantitative estimate of drug-likeness (QED) is 0.807. The molecule has 0 aliphatic heterocycles. The average molecular weight is 362 g/mol. The zero-order valence-electron chi connectivity index (χ0n) is 15.8. The highest BCUT2D eigenvalue weighted by Crippen LogP contribution is 2.29. The molecule has 1 N–H and O–H groups in total. The monoisotopic (exact) mass is 362 g/mol. The van der Waals surface area contributed by atoms with Gasteiger partial charge in [0.05, 0.1) is 18.0 Å². The van der Waals surface area contributed by atoms with E-state index < -0.39 is 11.7 Å². The highest BCUT2D eigenvalue weighted by atomic mass is 19.1. The summed E-state index contributed by atoms with van der Waals surface area (Å²) in [5, 5.41) is 2.75. The Balaban J connectivity index is 2.51. The molecule has 6 heteroatoms. The second kappa shape index (κ2) is 8.25. The zero-order valence-corrected chi connectivity index (χ0v) is 15.8. The predicted molar refractivity (Wildman–Crippen MR) is 97.9 cm³/mol. The minimum atomic E-state index is -0.729. The first kappa shape index (κ1) is 19.8. The first-order chi connectivity index (χ1) is 12.3. The summed E-state index contributed by atoms with van der Waals surface area (Å²) in [5.41, 5.74) is 2.37. The Bertz CT molecular complexity index is 810. The number of anilines is 1. The molecule has 0 aliphatic rings. The van der Waals surface area contributed by atoms with Gasteiger partial charge in [0.1, 0.15) is 11.4 Å². The number of carbonyl (C=O) groups excluding carboxylic acids is 1. The SMILES string of the molecule is CCOc1c(C)nc(C)c(C(=O)Nc2c(CC)cc(F)cc2CC)c1F. The van der Waals surface area contributed by atoms with Crippen LogP contribution in [0.25, 0.3) is 0 Å². The summed E-state index contributed by atoms with van der Waals surface area (Å²) in [6.45, 7) is 8.95. The summed E-state index contributed by atoms with van der Waals surface area (Å²) in [6.07, 6.45) is 1.08. The molecule has 2 rings (SSSR count). The van der Waals surface area contributed by atoms with E-state index >= 15 is 0 Å². The number of halogens is 2. The molecule has 0 atom stereocenters. The van der Waals surface area contributed by atoms with Gasteiger partial charge >= 0.3 is 0 Å².